The maximum Gasteiger partial charge on any atom is 0.244 e. The van der Waals surface area contributed by atoms with Crippen LogP contribution in [0.5, 0.6) is 23.0 Å². The molecule has 0 spiro atoms. The summed E-state index contributed by atoms with van der Waals surface area (Å²) in [4.78, 5) is 13.1. The standard InChI is InChI=1S/C22H30N2O7S/c1-14(18-12-16(28-3)8-10-20(18)30-5)23-22(25)15(2)24(32(7,26)27)19-13-17(29-4)9-11-21(19)31-6/h8-15H,1-7H3,(H,23,25)/t14-,15+/m1/s1. The molecule has 0 saturated carbocycles. The predicted molar refractivity (Wildman–Crippen MR) is 122 cm³/mol. The number of hydrogen-bond donors (Lipinski definition) is 1. The summed E-state index contributed by atoms with van der Waals surface area (Å²) >= 11 is 0. The van der Waals surface area contributed by atoms with Crippen molar-refractivity contribution >= 4 is 21.6 Å². The van der Waals surface area contributed by atoms with E-state index in [9.17, 15) is 13.2 Å². The highest BCUT2D eigenvalue weighted by molar-refractivity contribution is 7.92. The average Bonchev–Trinajstić information content (AvgIpc) is 2.77. The number of hydrogen-bond acceptors (Lipinski definition) is 7. The van der Waals surface area contributed by atoms with Gasteiger partial charge in [0.05, 0.1) is 46.4 Å². The largest absolute Gasteiger partial charge is 0.497 e. The van der Waals surface area contributed by atoms with Crippen molar-refractivity contribution in [1.29, 1.82) is 0 Å². The summed E-state index contributed by atoms with van der Waals surface area (Å²) in [6, 6.07) is 8.43. The molecule has 0 aliphatic carbocycles. The first kappa shape index (κ1) is 25.1. The Bertz CT molecular complexity index is 1060. The number of anilines is 1. The number of benzene rings is 2. The summed E-state index contributed by atoms with van der Waals surface area (Å²) in [5.74, 6) is 1.39. The highest BCUT2D eigenvalue weighted by Gasteiger charge is 2.32. The Hall–Kier alpha value is -3.14. The zero-order valence-corrected chi connectivity index (χ0v) is 20.1. The lowest BCUT2D eigenvalue weighted by atomic mass is 10.1. The van der Waals surface area contributed by atoms with Crippen LogP contribution >= 0.6 is 0 Å². The molecule has 1 amide bonds. The van der Waals surface area contributed by atoms with Crippen molar-refractivity contribution in [3.63, 3.8) is 0 Å². The maximum absolute atomic E-state index is 13.1. The van der Waals surface area contributed by atoms with E-state index in [1.165, 1.54) is 34.3 Å². The summed E-state index contributed by atoms with van der Waals surface area (Å²) in [6.45, 7) is 3.28. The van der Waals surface area contributed by atoms with Crippen LogP contribution in [0.1, 0.15) is 25.5 Å². The molecule has 2 aromatic carbocycles. The summed E-state index contributed by atoms with van der Waals surface area (Å²) in [5.41, 5.74) is 0.890. The monoisotopic (exact) mass is 466 g/mol. The minimum Gasteiger partial charge on any atom is -0.497 e. The highest BCUT2D eigenvalue weighted by Crippen LogP contribution is 2.35. The van der Waals surface area contributed by atoms with Crippen molar-refractivity contribution in [3.05, 3.63) is 42.0 Å². The van der Waals surface area contributed by atoms with Gasteiger partial charge in [-0.25, -0.2) is 8.42 Å². The van der Waals surface area contributed by atoms with Crippen LogP contribution in [0.3, 0.4) is 0 Å². The zero-order chi connectivity index (χ0) is 24.1. The molecule has 32 heavy (non-hydrogen) atoms. The second kappa shape index (κ2) is 10.4. The van der Waals surface area contributed by atoms with Crippen LogP contribution in [0.25, 0.3) is 0 Å². The molecule has 10 heteroatoms. The van der Waals surface area contributed by atoms with Gasteiger partial charge in [-0.2, -0.15) is 0 Å². The van der Waals surface area contributed by atoms with E-state index < -0.39 is 28.0 Å². The van der Waals surface area contributed by atoms with E-state index in [1.807, 2.05) is 0 Å². The van der Waals surface area contributed by atoms with Crippen molar-refractivity contribution in [1.82, 2.24) is 5.32 Å². The van der Waals surface area contributed by atoms with Gasteiger partial charge in [0, 0.05) is 11.6 Å². The number of sulfonamides is 1. The Balaban J connectivity index is 2.40. The number of nitrogens with one attached hydrogen (secondary N) is 1. The Morgan fingerprint density at radius 2 is 1.41 bits per heavy atom. The topological polar surface area (TPSA) is 103 Å². The van der Waals surface area contributed by atoms with Crippen molar-refractivity contribution in [2.45, 2.75) is 25.9 Å². The van der Waals surface area contributed by atoms with Crippen LogP contribution in [-0.4, -0.2) is 55.1 Å². The molecule has 0 aliphatic rings. The fourth-order valence-corrected chi connectivity index (χ4v) is 4.51. The van der Waals surface area contributed by atoms with Crippen LogP contribution in [0.4, 0.5) is 5.69 Å². The molecule has 0 fully saturated rings. The van der Waals surface area contributed by atoms with E-state index in [4.69, 9.17) is 18.9 Å². The first-order valence-corrected chi connectivity index (χ1v) is 11.7. The first-order valence-electron chi connectivity index (χ1n) is 9.81. The van der Waals surface area contributed by atoms with E-state index in [0.717, 1.165) is 10.6 Å². The second-order valence-electron chi connectivity index (χ2n) is 7.11. The molecule has 0 saturated heterocycles. The van der Waals surface area contributed by atoms with Crippen molar-refractivity contribution < 1.29 is 32.2 Å². The fraction of sp³-hybridized carbons (Fsp3) is 0.409. The third-order valence-corrected chi connectivity index (χ3v) is 6.20. The zero-order valence-electron chi connectivity index (χ0n) is 19.3. The smallest absolute Gasteiger partial charge is 0.244 e. The molecule has 0 bridgehead atoms. The third kappa shape index (κ3) is 5.56. The Morgan fingerprint density at radius 1 is 0.875 bits per heavy atom. The van der Waals surface area contributed by atoms with Crippen molar-refractivity contribution in [3.8, 4) is 23.0 Å². The second-order valence-corrected chi connectivity index (χ2v) is 8.97. The molecule has 0 aromatic heterocycles. The molecule has 0 heterocycles. The Labute approximate surface area is 189 Å². The minimum atomic E-state index is -3.85. The lowest BCUT2D eigenvalue weighted by Gasteiger charge is -2.30. The number of ether oxygens (including phenoxy) is 4. The van der Waals surface area contributed by atoms with Crippen LogP contribution in [0.15, 0.2) is 36.4 Å². The Morgan fingerprint density at radius 3 is 1.91 bits per heavy atom. The van der Waals surface area contributed by atoms with Gasteiger partial charge in [0.1, 0.15) is 29.0 Å². The van der Waals surface area contributed by atoms with Crippen LogP contribution < -0.4 is 28.6 Å². The van der Waals surface area contributed by atoms with Crippen LogP contribution in [0.2, 0.25) is 0 Å². The minimum absolute atomic E-state index is 0.198. The summed E-state index contributed by atoms with van der Waals surface area (Å²) in [7, 11) is 2.12. The summed E-state index contributed by atoms with van der Waals surface area (Å²) in [5, 5.41) is 2.86. The van der Waals surface area contributed by atoms with Crippen LogP contribution in [-0.2, 0) is 14.8 Å². The molecular formula is C22H30N2O7S. The van der Waals surface area contributed by atoms with Gasteiger partial charge in [-0.3, -0.25) is 9.10 Å². The fourth-order valence-electron chi connectivity index (χ4n) is 3.34. The molecule has 1 N–H and O–H groups in total. The lowest BCUT2D eigenvalue weighted by molar-refractivity contribution is -0.122. The number of carbonyl (C=O) groups is 1. The van der Waals surface area contributed by atoms with Gasteiger partial charge < -0.3 is 24.3 Å². The summed E-state index contributed by atoms with van der Waals surface area (Å²) < 4.78 is 47.6. The number of rotatable bonds is 10. The van der Waals surface area contributed by atoms with Gasteiger partial charge in [0.2, 0.25) is 15.9 Å². The van der Waals surface area contributed by atoms with Gasteiger partial charge in [-0.15, -0.1) is 0 Å². The molecule has 176 valence electrons. The SMILES string of the molecule is COc1ccc(OC)c([C@@H](C)NC(=O)[C@H](C)N(c2cc(OC)ccc2OC)S(C)(=O)=O)c1. The van der Waals surface area contributed by atoms with Gasteiger partial charge in [0.25, 0.3) is 0 Å². The predicted octanol–water partition coefficient (Wildman–Crippen LogP) is 2.75. The Kier molecular flexibility index (Phi) is 8.20. The average molecular weight is 467 g/mol. The number of carbonyl (C=O) groups excluding carboxylic acids is 1. The molecule has 0 radical (unpaired) electrons. The number of nitrogens with zero attached hydrogens (tertiary/aromatic N) is 1. The van der Waals surface area contributed by atoms with E-state index in [2.05, 4.69) is 5.32 Å². The molecule has 0 aliphatic heterocycles. The summed E-state index contributed by atoms with van der Waals surface area (Å²) in [6.07, 6.45) is 1.03. The van der Waals surface area contributed by atoms with Crippen molar-refractivity contribution in [2.24, 2.45) is 0 Å². The molecule has 2 atom stereocenters. The van der Waals surface area contributed by atoms with Gasteiger partial charge >= 0.3 is 0 Å². The third-order valence-electron chi connectivity index (χ3n) is 4.97. The van der Waals surface area contributed by atoms with E-state index >= 15 is 0 Å². The van der Waals surface area contributed by atoms with E-state index in [-0.39, 0.29) is 5.69 Å². The lowest BCUT2D eigenvalue weighted by Crippen LogP contribution is -2.48. The number of amides is 1. The first-order chi connectivity index (χ1) is 15.1. The van der Waals surface area contributed by atoms with Gasteiger partial charge in [-0.1, -0.05) is 0 Å². The van der Waals surface area contributed by atoms with E-state index in [1.54, 1.807) is 44.4 Å². The van der Waals surface area contributed by atoms with Gasteiger partial charge in [0.15, 0.2) is 0 Å². The molecule has 2 aromatic rings. The molecule has 9 nitrogen and oxygen atoms in total. The van der Waals surface area contributed by atoms with Crippen molar-refractivity contribution in [2.75, 3.05) is 39.0 Å². The highest BCUT2D eigenvalue weighted by atomic mass is 32.2. The van der Waals surface area contributed by atoms with E-state index in [0.29, 0.717) is 28.6 Å². The molecular weight excluding hydrogens is 436 g/mol. The molecule has 2 rings (SSSR count). The number of methoxy groups -OCH3 is 4. The quantitative estimate of drug-likeness (QED) is 0.574. The van der Waals surface area contributed by atoms with Crippen LogP contribution in [0, 0.1) is 0 Å². The van der Waals surface area contributed by atoms with Gasteiger partial charge in [-0.05, 0) is 44.2 Å². The normalized spacial score (nSPS) is 13.0. The maximum atomic E-state index is 13.1. The molecule has 0 unspecified atom stereocenters.